The normalized spacial score (nSPS) is 14.7. The van der Waals surface area contributed by atoms with Crippen LogP contribution < -0.4 is 31.0 Å². The molecule has 3 aromatic carbocycles. The standard InChI is InChI=1S/C46H52FIN6O14S/c1-29-26-36(42(53(2)44(29)58)50-35-11-8-31(48)28-34(35)47)52-69(61,62)32-9-6-30(7-10-32)27-40(56)49-14-15-63-16-17-64-18-19-65-20-21-66-22-23-67-24-25-68-38-5-3-4-33-41(38)46(60)54(45(33)59)37-12-13-39(55)51-43(37)57/h3-11,26,28,37,50,52H,12-25,27H2,1-2H3,(H,49,56)(H,51,55,57). The second-order valence-electron chi connectivity index (χ2n) is 15.5. The summed E-state index contributed by atoms with van der Waals surface area (Å²) in [5.74, 6) is -3.00. The van der Waals surface area contributed by atoms with Crippen LogP contribution in [0.2, 0.25) is 0 Å². The Hall–Kier alpha value is -5.83. The van der Waals surface area contributed by atoms with Crippen molar-refractivity contribution in [3.05, 3.63) is 109 Å². The zero-order chi connectivity index (χ0) is 49.5. The number of halogens is 2. The molecule has 2 aliphatic rings. The maximum atomic E-state index is 14.7. The zero-order valence-electron chi connectivity index (χ0n) is 37.8. The lowest BCUT2D eigenvalue weighted by molar-refractivity contribution is -0.136. The molecule has 1 aromatic heterocycles. The Bertz CT molecular complexity index is 2690. The molecule has 0 radical (unpaired) electrons. The van der Waals surface area contributed by atoms with E-state index >= 15 is 0 Å². The summed E-state index contributed by atoms with van der Waals surface area (Å²) in [6.07, 6.45) is 0.0955. The molecular weight excluding hydrogens is 1040 g/mol. The Kier molecular flexibility index (Phi) is 19.2. The van der Waals surface area contributed by atoms with Crippen LogP contribution in [0.1, 0.15) is 44.7 Å². The van der Waals surface area contributed by atoms with Crippen LogP contribution in [0, 0.1) is 16.3 Å². The van der Waals surface area contributed by atoms with Gasteiger partial charge in [0.1, 0.15) is 30.0 Å². The largest absolute Gasteiger partial charge is 0.490 e. The highest BCUT2D eigenvalue weighted by molar-refractivity contribution is 14.1. The van der Waals surface area contributed by atoms with Crippen LogP contribution in [0.3, 0.4) is 0 Å². The number of amides is 5. The Morgan fingerprint density at radius 3 is 2.04 bits per heavy atom. The highest BCUT2D eigenvalue weighted by Gasteiger charge is 2.46. The highest BCUT2D eigenvalue weighted by atomic mass is 127. The second kappa shape index (κ2) is 25.2. The van der Waals surface area contributed by atoms with Crippen molar-refractivity contribution in [2.45, 2.75) is 37.1 Å². The third-order valence-corrected chi connectivity index (χ3v) is 12.6. The molecule has 370 valence electrons. The van der Waals surface area contributed by atoms with Gasteiger partial charge in [-0.25, -0.2) is 12.8 Å². The van der Waals surface area contributed by atoms with Gasteiger partial charge in [-0.1, -0.05) is 18.2 Å². The molecule has 1 saturated heterocycles. The number of benzene rings is 3. The average Bonchev–Trinajstić information content (AvgIpc) is 3.57. The van der Waals surface area contributed by atoms with Crippen LogP contribution in [0.4, 0.5) is 21.6 Å². The lowest BCUT2D eigenvalue weighted by Gasteiger charge is -2.27. The van der Waals surface area contributed by atoms with Crippen LogP contribution >= 0.6 is 22.6 Å². The lowest BCUT2D eigenvalue weighted by atomic mass is 10.0. The first kappa shape index (κ1) is 52.5. The van der Waals surface area contributed by atoms with Crippen molar-refractivity contribution >= 4 is 79.3 Å². The molecule has 1 atom stereocenters. The number of hydrogen-bond acceptors (Lipinski definition) is 15. The molecule has 0 spiro atoms. The van der Waals surface area contributed by atoms with Gasteiger partial charge >= 0.3 is 0 Å². The number of hydrogen-bond donors (Lipinski definition) is 4. The minimum absolute atomic E-state index is 0.00597. The van der Waals surface area contributed by atoms with Gasteiger partial charge < -0.3 is 39.1 Å². The molecular formula is C46H52FIN6O14S. The van der Waals surface area contributed by atoms with Gasteiger partial charge in [-0.15, -0.1) is 0 Å². The van der Waals surface area contributed by atoms with Gasteiger partial charge in [-0.2, -0.15) is 0 Å². The van der Waals surface area contributed by atoms with E-state index in [4.69, 9.17) is 28.4 Å². The summed E-state index contributed by atoms with van der Waals surface area (Å²) >= 11 is 1.97. The fourth-order valence-corrected chi connectivity index (χ4v) is 8.65. The molecule has 0 bridgehead atoms. The van der Waals surface area contributed by atoms with E-state index < -0.39 is 45.5 Å². The minimum Gasteiger partial charge on any atom is -0.490 e. The molecule has 3 heterocycles. The molecule has 1 unspecified atom stereocenters. The number of carbonyl (C=O) groups excluding carboxylic acids is 5. The molecule has 4 aromatic rings. The number of nitrogens with zero attached hydrogens (tertiary/aromatic N) is 2. The predicted octanol–water partition coefficient (Wildman–Crippen LogP) is 3.20. The maximum Gasteiger partial charge on any atom is 0.266 e. The molecule has 5 amide bonds. The maximum absolute atomic E-state index is 14.7. The first-order chi connectivity index (χ1) is 33.1. The average molecular weight is 1090 g/mol. The Labute approximate surface area is 410 Å². The molecule has 4 N–H and O–H groups in total. The van der Waals surface area contributed by atoms with E-state index in [-0.39, 0.29) is 108 Å². The van der Waals surface area contributed by atoms with Crippen LogP contribution in [-0.2, 0) is 61.6 Å². The number of nitrogens with one attached hydrogen (secondary N) is 4. The Morgan fingerprint density at radius 1 is 0.797 bits per heavy atom. The fraction of sp³-hybridized carbons (Fsp3) is 0.391. The molecule has 2 aliphatic heterocycles. The number of anilines is 3. The van der Waals surface area contributed by atoms with Crippen molar-refractivity contribution in [3.63, 3.8) is 0 Å². The number of aromatic nitrogens is 1. The zero-order valence-corrected chi connectivity index (χ0v) is 40.8. The van der Waals surface area contributed by atoms with Gasteiger partial charge in [-0.3, -0.25) is 48.3 Å². The number of ether oxygens (including phenoxy) is 6. The minimum atomic E-state index is -4.16. The van der Waals surface area contributed by atoms with Gasteiger partial charge in [0.15, 0.2) is 0 Å². The molecule has 0 saturated carbocycles. The number of imide groups is 2. The highest BCUT2D eigenvalue weighted by Crippen LogP contribution is 2.34. The summed E-state index contributed by atoms with van der Waals surface area (Å²) < 4.78 is 79.1. The van der Waals surface area contributed by atoms with Gasteiger partial charge in [-0.05, 0) is 90.0 Å². The number of rotatable bonds is 27. The molecule has 69 heavy (non-hydrogen) atoms. The Balaban J connectivity index is 0.761. The molecule has 6 rings (SSSR count). The number of pyridine rings is 1. The van der Waals surface area contributed by atoms with E-state index in [2.05, 4.69) is 20.7 Å². The van der Waals surface area contributed by atoms with Crippen molar-refractivity contribution in [2.24, 2.45) is 7.05 Å². The quantitative estimate of drug-likeness (QED) is 0.0381. The molecule has 1 fully saturated rings. The molecule has 0 aliphatic carbocycles. The summed E-state index contributed by atoms with van der Waals surface area (Å²) in [5, 5.41) is 7.77. The SMILES string of the molecule is Cc1cc(NS(=O)(=O)c2ccc(CC(=O)NCCOCCOCCOCCOCCOCCOc3cccc4c3C(=O)N(C3CCC(=O)NC3=O)C4=O)cc2)c(Nc2ccc(I)cc2F)n(C)c1=O. The summed E-state index contributed by atoms with van der Waals surface area (Å²) in [6, 6.07) is 15.2. The number of aryl methyl sites for hydroxylation is 1. The molecule has 23 heteroatoms. The lowest BCUT2D eigenvalue weighted by Crippen LogP contribution is -2.54. The van der Waals surface area contributed by atoms with Crippen molar-refractivity contribution in [1.29, 1.82) is 0 Å². The summed E-state index contributed by atoms with van der Waals surface area (Å²) in [5.41, 5.74) is 0.769. The van der Waals surface area contributed by atoms with E-state index in [9.17, 15) is 41.6 Å². The van der Waals surface area contributed by atoms with Crippen molar-refractivity contribution in [2.75, 3.05) is 89.3 Å². The summed E-state index contributed by atoms with van der Waals surface area (Å²) in [6.45, 7) is 4.96. The number of carbonyl (C=O) groups is 5. The topological polar surface area (TPSA) is 248 Å². The number of fused-ring (bicyclic) bond motifs is 1. The third kappa shape index (κ3) is 14.4. The van der Waals surface area contributed by atoms with E-state index in [1.807, 2.05) is 22.6 Å². The van der Waals surface area contributed by atoms with Crippen LogP contribution in [0.5, 0.6) is 5.75 Å². The fourth-order valence-electron chi connectivity index (χ4n) is 7.14. The van der Waals surface area contributed by atoms with Crippen molar-refractivity contribution in [1.82, 2.24) is 20.1 Å². The second-order valence-corrected chi connectivity index (χ2v) is 18.4. The van der Waals surface area contributed by atoms with Crippen LogP contribution in [0.15, 0.2) is 76.4 Å². The van der Waals surface area contributed by atoms with Crippen LogP contribution in [0.25, 0.3) is 0 Å². The van der Waals surface area contributed by atoms with E-state index in [1.54, 1.807) is 25.1 Å². The van der Waals surface area contributed by atoms with Crippen molar-refractivity contribution in [3.8, 4) is 5.75 Å². The van der Waals surface area contributed by atoms with Gasteiger partial charge in [0.2, 0.25) is 17.7 Å². The first-order valence-electron chi connectivity index (χ1n) is 21.8. The monoisotopic (exact) mass is 1090 g/mol. The predicted molar refractivity (Wildman–Crippen MR) is 255 cm³/mol. The first-order valence-corrected chi connectivity index (χ1v) is 24.4. The Morgan fingerprint density at radius 2 is 1.42 bits per heavy atom. The number of piperidine rings is 1. The van der Waals surface area contributed by atoms with E-state index in [0.29, 0.717) is 55.4 Å². The summed E-state index contributed by atoms with van der Waals surface area (Å²) in [7, 11) is -2.71. The van der Waals surface area contributed by atoms with Gasteiger partial charge in [0.25, 0.3) is 27.4 Å². The van der Waals surface area contributed by atoms with Gasteiger partial charge in [0.05, 0.1) is 99.9 Å². The van der Waals surface area contributed by atoms with Crippen LogP contribution in [-0.4, -0.2) is 133 Å². The number of sulfonamides is 1. The molecule has 20 nitrogen and oxygen atoms in total. The summed E-state index contributed by atoms with van der Waals surface area (Å²) in [4.78, 5) is 76.0. The smallest absolute Gasteiger partial charge is 0.266 e. The van der Waals surface area contributed by atoms with Gasteiger partial charge in [0, 0.05) is 29.1 Å². The van der Waals surface area contributed by atoms with Crippen molar-refractivity contribution < 1.29 is 65.2 Å². The van der Waals surface area contributed by atoms with E-state index in [0.717, 1.165) is 4.90 Å². The van der Waals surface area contributed by atoms with E-state index in [1.165, 1.54) is 60.1 Å². The third-order valence-electron chi connectivity index (χ3n) is 10.6.